The van der Waals surface area contributed by atoms with Gasteiger partial charge in [0.25, 0.3) is 0 Å². The van der Waals surface area contributed by atoms with Crippen molar-refractivity contribution in [2.75, 3.05) is 7.11 Å². The van der Waals surface area contributed by atoms with Crippen LogP contribution in [0.1, 0.15) is 21.5 Å². The van der Waals surface area contributed by atoms with E-state index in [1.165, 1.54) is 43.5 Å². The Labute approximate surface area is 145 Å². The van der Waals surface area contributed by atoms with Crippen LogP contribution in [0.4, 0.5) is 13.2 Å². The number of carboxylic acids is 1. The molecule has 0 unspecified atom stereocenters. The van der Waals surface area contributed by atoms with Gasteiger partial charge in [-0.1, -0.05) is 17.8 Å². The maximum absolute atomic E-state index is 13.3. The summed E-state index contributed by atoms with van der Waals surface area (Å²) in [5, 5.41) is 8.73. The monoisotopic (exact) mass is 370 g/mol. The van der Waals surface area contributed by atoms with Gasteiger partial charge >= 0.3 is 18.1 Å². The van der Waals surface area contributed by atoms with Gasteiger partial charge in [-0.2, -0.15) is 13.2 Å². The molecule has 0 aromatic heterocycles. The number of halogens is 3. The number of ether oxygens (including phenoxy) is 1. The number of rotatable bonds is 5. The Morgan fingerprint density at radius 2 is 1.76 bits per heavy atom. The summed E-state index contributed by atoms with van der Waals surface area (Å²) in [5.41, 5.74) is -0.529. The smallest absolute Gasteiger partial charge is 0.417 e. The van der Waals surface area contributed by atoms with E-state index in [4.69, 9.17) is 5.11 Å². The van der Waals surface area contributed by atoms with Gasteiger partial charge in [0.05, 0.1) is 24.7 Å². The standard InChI is InChI=1S/C17H13F3O4S/c1-24-16(23)11-3-5-12(6-4-11)25-14-7-2-10(9-15(21)22)8-13(14)17(18,19)20/h2-8H,9H2,1H3,(H,21,22). The fraction of sp³-hybridized carbons (Fsp3) is 0.176. The Kier molecular flexibility index (Phi) is 5.73. The molecule has 0 spiro atoms. The van der Waals surface area contributed by atoms with Crippen molar-refractivity contribution < 1.29 is 32.6 Å². The molecule has 25 heavy (non-hydrogen) atoms. The van der Waals surface area contributed by atoms with E-state index in [0.717, 1.165) is 17.8 Å². The molecule has 1 N–H and O–H groups in total. The summed E-state index contributed by atoms with van der Waals surface area (Å²) in [6.45, 7) is 0. The van der Waals surface area contributed by atoms with Crippen LogP contribution in [0.2, 0.25) is 0 Å². The number of hydrogen-bond donors (Lipinski definition) is 1. The Bertz CT molecular complexity index is 785. The Balaban J connectivity index is 2.32. The highest BCUT2D eigenvalue weighted by Crippen LogP contribution is 2.40. The van der Waals surface area contributed by atoms with Gasteiger partial charge in [0.1, 0.15) is 0 Å². The first-order chi connectivity index (χ1) is 11.7. The van der Waals surface area contributed by atoms with Crippen molar-refractivity contribution in [2.45, 2.75) is 22.4 Å². The topological polar surface area (TPSA) is 63.6 Å². The molecule has 0 atom stereocenters. The van der Waals surface area contributed by atoms with Crippen molar-refractivity contribution in [1.29, 1.82) is 0 Å². The summed E-state index contributed by atoms with van der Waals surface area (Å²) < 4.78 is 44.3. The zero-order valence-corrected chi connectivity index (χ0v) is 13.8. The molecule has 0 aliphatic rings. The average Bonchev–Trinajstić information content (AvgIpc) is 2.54. The Hall–Kier alpha value is -2.48. The first-order valence-electron chi connectivity index (χ1n) is 6.99. The van der Waals surface area contributed by atoms with E-state index in [1.54, 1.807) is 0 Å². The number of carboxylic acid groups (broad SMARTS) is 1. The van der Waals surface area contributed by atoms with Crippen molar-refractivity contribution in [1.82, 2.24) is 0 Å². The predicted molar refractivity (Wildman–Crippen MR) is 84.7 cm³/mol. The van der Waals surface area contributed by atoms with Gasteiger partial charge in [-0.05, 0) is 42.0 Å². The maximum atomic E-state index is 13.3. The minimum absolute atomic E-state index is 0.0487. The molecule has 0 heterocycles. The molecule has 0 saturated carbocycles. The third-order valence-electron chi connectivity index (χ3n) is 3.21. The third-order valence-corrected chi connectivity index (χ3v) is 4.29. The predicted octanol–water partition coefficient (Wildman–Crippen LogP) is 4.27. The van der Waals surface area contributed by atoms with Crippen molar-refractivity contribution in [3.63, 3.8) is 0 Å². The SMILES string of the molecule is COC(=O)c1ccc(Sc2ccc(CC(=O)O)cc2C(F)(F)F)cc1. The van der Waals surface area contributed by atoms with Gasteiger partial charge in [-0.15, -0.1) is 0 Å². The molecule has 0 fully saturated rings. The number of carbonyl (C=O) groups is 2. The summed E-state index contributed by atoms with van der Waals surface area (Å²) in [6.07, 6.45) is -5.09. The van der Waals surface area contributed by atoms with Gasteiger partial charge < -0.3 is 9.84 Å². The molecule has 0 saturated heterocycles. The summed E-state index contributed by atoms with van der Waals surface area (Å²) in [6, 6.07) is 9.40. The molecule has 132 valence electrons. The van der Waals surface area contributed by atoms with E-state index in [2.05, 4.69) is 4.74 Å². The number of benzene rings is 2. The van der Waals surface area contributed by atoms with Crippen LogP contribution in [0.5, 0.6) is 0 Å². The molecular formula is C17H13F3O4S. The van der Waals surface area contributed by atoms with Gasteiger partial charge in [0, 0.05) is 9.79 Å². The normalized spacial score (nSPS) is 11.2. The van der Waals surface area contributed by atoms with E-state index in [-0.39, 0.29) is 10.5 Å². The second-order valence-electron chi connectivity index (χ2n) is 5.02. The average molecular weight is 370 g/mol. The molecule has 0 aliphatic heterocycles. The fourth-order valence-electron chi connectivity index (χ4n) is 2.08. The summed E-state index contributed by atoms with van der Waals surface area (Å²) >= 11 is 0.877. The van der Waals surface area contributed by atoms with Crippen molar-refractivity contribution in [3.05, 3.63) is 59.2 Å². The lowest BCUT2D eigenvalue weighted by molar-refractivity contribution is -0.140. The van der Waals surface area contributed by atoms with E-state index < -0.39 is 30.1 Å². The van der Waals surface area contributed by atoms with Crippen LogP contribution < -0.4 is 0 Å². The first kappa shape index (κ1) is 18.9. The number of esters is 1. The minimum Gasteiger partial charge on any atom is -0.481 e. The summed E-state index contributed by atoms with van der Waals surface area (Å²) in [7, 11) is 1.24. The van der Waals surface area contributed by atoms with Gasteiger partial charge in [0.2, 0.25) is 0 Å². The van der Waals surface area contributed by atoms with Crippen LogP contribution in [-0.4, -0.2) is 24.2 Å². The second kappa shape index (κ2) is 7.60. The van der Waals surface area contributed by atoms with Crippen LogP contribution in [0.3, 0.4) is 0 Å². The molecule has 4 nitrogen and oxygen atoms in total. The molecule has 0 aliphatic carbocycles. The summed E-state index contributed by atoms with van der Waals surface area (Å²) in [4.78, 5) is 22.5. The number of aliphatic carboxylic acids is 1. The Morgan fingerprint density at radius 3 is 2.28 bits per heavy atom. The van der Waals surface area contributed by atoms with E-state index >= 15 is 0 Å². The molecular weight excluding hydrogens is 357 g/mol. The van der Waals surface area contributed by atoms with Crippen LogP contribution in [0.15, 0.2) is 52.3 Å². The molecule has 0 bridgehead atoms. The molecule has 2 aromatic rings. The lowest BCUT2D eigenvalue weighted by atomic mass is 10.1. The summed E-state index contributed by atoms with van der Waals surface area (Å²) in [5.74, 6) is -1.74. The molecule has 0 amide bonds. The van der Waals surface area contributed by atoms with Crippen LogP contribution in [0, 0.1) is 0 Å². The minimum atomic E-state index is -4.61. The number of hydrogen-bond acceptors (Lipinski definition) is 4. The van der Waals surface area contributed by atoms with Crippen LogP contribution in [-0.2, 0) is 22.1 Å². The number of alkyl halides is 3. The molecule has 2 aromatic carbocycles. The Morgan fingerprint density at radius 1 is 1.12 bits per heavy atom. The zero-order chi connectivity index (χ0) is 18.6. The van der Waals surface area contributed by atoms with E-state index in [0.29, 0.717) is 10.5 Å². The molecule has 8 heteroatoms. The maximum Gasteiger partial charge on any atom is 0.417 e. The van der Waals surface area contributed by atoms with Crippen LogP contribution >= 0.6 is 11.8 Å². The quantitative estimate of drug-likeness (QED) is 0.797. The highest BCUT2D eigenvalue weighted by molar-refractivity contribution is 7.99. The van der Waals surface area contributed by atoms with Gasteiger partial charge in [0.15, 0.2) is 0 Å². The van der Waals surface area contributed by atoms with Crippen molar-refractivity contribution in [3.8, 4) is 0 Å². The van der Waals surface area contributed by atoms with Gasteiger partial charge in [-0.3, -0.25) is 4.79 Å². The van der Waals surface area contributed by atoms with E-state index in [1.807, 2.05) is 0 Å². The number of carbonyl (C=O) groups excluding carboxylic acids is 1. The first-order valence-corrected chi connectivity index (χ1v) is 7.80. The van der Waals surface area contributed by atoms with Crippen LogP contribution in [0.25, 0.3) is 0 Å². The van der Waals surface area contributed by atoms with E-state index in [9.17, 15) is 22.8 Å². The molecule has 0 radical (unpaired) electrons. The highest BCUT2D eigenvalue weighted by Gasteiger charge is 2.34. The zero-order valence-electron chi connectivity index (χ0n) is 13.0. The lowest BCUT2D eigenvalue weighted by Gasteiger charge is -2.14. The van der Waals surface area contributed by atoms with Crippen molar-refractivity contribution in [2.24, 2.45) is 0 Å². The third kappa shape index (κ3) is 4.99. The number of methoxy groups -OCH3 is 1. The fourth-order valence-corrected chi connectivity index (χ4v) is 3.02. The second-order valence-corrected chi connectivity index (χ2v) is 6.13. The largest absolute Gasteiger partial charge is 0.481 e. The highest BCUT2D eigenvalue weighted by atomic mass is 32.2. The van der Waals surface area contributed by atoms with Gasteiger partial charge in [-0.25, -0.2) is 4.79 Å². The lowest BCUT2D eigenvalue weighted by Crippen LogP contribution is -2.09. The molecule has 2 rings (SSSR count). The van der Waals surface area contributed by atoms with Crippen molar-refractivity contribution >= 4 is 23.7 Å².